The number of terminal acetylenes is 1. The summed E-state index contributed by atoms with van der Waals surface area (Å²) in [4.78, 5) is 13.3. The predicted octanol–water partition coefficient (Wildman–Crippen LogP) is 5.36. The van der Waals surface area contributed by atoms with Crippen LogP contribution in [0.2, 0.25) is 0 Å². The third kappa shape index (κ3) is 5.04. The van der Waals surface area contributed by atoms with E-state index in [4.69, 9.17) is 16.1 Å². The van der Waals surface area contributed by atoms with Gasteiger partial charge in [0.15, 0.2) is 5.82 Å². The van der Waals surface area contributed by atoms with E-state index in [-0.39, 0.29) is 63.8 Å². The number of nitrogens with zero attached hydrogens (tertiary/aromatic N) is 5. The highest BCUT2D eigenvalue weighted by atomic mass is 19.1. The average molecular weight is 627 g/mol. The van der Waals surface area contributed by atoms with E-state index >= 15 is 8.78 Å². The first-order valence-electron chi connectivity index (χ1n) is 15.4. The van der Waals surface area contributed by atoms with Crippen LogP contribution in [-0.2, 0) is 0 Å². The lowest BCUT2D eigenvalue weighted by atomic mass is 9.74. The highest BCUT2D eigenvalue weighted by Crippen LogP contribution is 2.42. The van der Waals surface area contributed by atoms with Crippen molar-refractivity contribution < 1.29 is 23.0 Å². The smallest absolute Gasteiger partial charge is 0.319 e. The van der Waals surface area contributed by atoms with Gasteiger partial charge >= 0.3 is 6.01 Å². The van der Waals surface area contributed by atoms with Crippen molar-refractivity contribution in [1.82, 2.24) is 20.2 Å². The Morgan fingerprint density at radius 2 is 1.87 bits per heavy atom. The molecule has 2 bridgehead atoms. The number of fused-ring (bicyclic) bond motifs is 4. The molecule has 11 heteroatoms. The van der Waals surface area contributed by atoms with Crippen LogP contribution in [0, 0.1) is 52.5 Å². The molecule has 3 fully saturated rings. The molecule has 0 spiro atoms. The third-order valence-electron chi connectivity index (χ3n) is 9.78. The largest absolute Gasteiger partial charge is 0.508 e. The fourth-order valence-electron chi connectivity index (χ4n) is 7.55. The van der Waals surface area contributed by atoms with Gasteiger partial charge < -0.3 is 25.0 Å². The van der Waals surface area contributed by atoms with Crippen LogP contribution in [0.5, 0.6) is 11.8 Å². The SMILES string of the molecule is C#Cc1c(F)ccc2cc(O)cc(-c3c(F)cc4c(N5C[C@H]6CC[C@@H](C5)N6)nc(OC[C@]5(C)CN(C)CC[C@H]5C#N)nc4c3F)c12. The second kappa shape index (κ2) is 11.3. The fourth-order valence-corrected chi connectivity index (χ4v) is 7.55. The minimum atomic E-state index is -1.01. The van der Waals surface area contributed by atoms with Gasteiger partial charge in [-0.25, -0.2) is 13.2 Å². The lowest BCUT2D eigenvalue weighted by Gasteiger charge is -2.41. The molecule has 3 aromatic carbocycles. The number of aromatic nitrogens is 2. The van der Waals surface area contributed by atoms with Gasteiger partial charge in [-0.05, 0) is 62.5 Å². The highest BCUT2D eigenvalue weighted by molar-refractivity contribution is 6.04. The number of phenols is 1. The summed E-state index contributed by atoms with van der Waals surface area (Å²) in [5, 5.41) is 24.5. The molecule has 7 rings (SSSR count). The van der Waals surface area contributed by atoms with Crippen molar-refractivity contribution in [3.8, 4) is 41.3 Å². The minimum absolute atomic E-state index is 0.0906. The van der Waals surface area contributed by atoms with Gasteiger partial charge in [-0.2, -0.15) is 15.2 Å². The Bertz CT molecular complexity index is 1960. The summed E-state index contributed by atoms with van der Waals surface area (Å²) in [7, 11) is 1.99. The quantitative estimate of drug-likeness (QED) is 0.286. The Hall–Kier alpha value is -4.58. The van der Waals surface area contributed by atoms with Crippen LogP contribution in [0.4, 0.5) is 19.0 Å². The maximum atomic E-state index is 16.8. The number of benzene rings is 3. The Morgan fingerprint density at radius 1 is 1.11 bits per heavy atom. The van der Waals surface area contributed by atoms with Crippen LogP contribution in [-0.4, -0.2) is 71.9 Å². The topological polar surface area (TPSA) is 97.5 Å². The van der Waals surface area contributed by atoms with Crippen LogP contribution in [0.15, 0.2) is 30.3 Å². The number of halogens is 3. The molecule has 46 heavy (non-hydrogen) atoms. The molecular formula is C35H33F3N6O2. The van der Waals surface area contributed by atoms with Crippen molar-refractivity contribution >= 4 is 27.5 Å². The number of nitrogens with one attached hydrogen (secondary N) is 1. The van der Waals surface area contributed by atoms with Gasteiger partial charge in [0.1, 0.15) is 28.7 Å². The van der Waals surface area contributed by atoms with E-state index < -0.39 is 28.4 Å². The summed E-state index contributed by atoms with van der Waals surface area (Å²) in [5.41, 5.74) is -1.49. The van der Waals surface area contributed by atoms with Gasteiger partial charge in [0, 0.05) is 53.5 Å². The second-order valence-electron chi connectivity index (χ2n) is 13.1. The Kier molecular flexibility index (Phi) is 7.42. The van der Waals surface area contributed by atoms with E-state index in [0.29, 0.717) is 37.3 Å². The van der Waals surface area contributed by atoms with E-state index in [1.807, 2.05) is 18.9 Å². The summed E-state index contributed by atoms with van der Waals surface area (Å²) >= 11 is 0. The Labute approximate surface area is 264 Å². The number of rotatable bonds is 5. The van der Waals surface area contributed by atoms with E-state index in [1.54, 1.807) is 0 Å². The standard InChI is InChI=1S/C35H33F3N6O2/c1-4-24-27(36)8-5-19-11-23(45)12-25(29(19)24)30-28(37)13-26-32(31(30)38)41-34(42-33(26)44-15-21-6-7-22(16-44)40-21)46-18-35(2)17-43(3)10-9-20(35)14-39/h1,5,8,11-13,20-22,40,45H,6-7,9-10,15-18H2,2-3H3/t20-,21-,22+,35-/m0/s1. The Balaban J connectivity index is 1.41. The third-order valence-corrected chi connectivity index (χ3v) is 9.78. The molecule has 4 heterocycles. The van der Waals surface area contributed by atoms with Crippen molar-refractivity contribution in [2.45, 2.75) is 38.3 Å². The van der Waals surface area contributed by atoms with Crippen molar-refractivity contribution in [2.24, 2.45) is 11.3 Å². The number of ether oxygens (including phenoxy) is 1. The number of piperidine rings is 1. The van der Waals surface area contributed by atoms with Crippen molar-refractivity contribution in [3.05, 3.63) is 53.3 Å². The molecule has 2 N–H and O–H groups in total. The van der Waals surface area contributed by atoms with E-state index in [0.717, 1.165) is 25.5 Å². The zero-order valence-corrected chi connectivity index (χ0v) is 25.6. The van der Waals surface area contributed by atoms with Gasteiger partial charge in [-0.1, -0.05) is 18.9 Å². The van der Waals surface area contributed by atoms with E-state index in [2.05, 4.69) is 27.2 Å². The van der Waals surface area contributed by atoms with Crippen molar-refractivity contribution in [1.29, 1.82) is 5.26 Å². The highest BCUT2D eigenvalue weighted by Gasteiger charge is 2.40. The maximum Gasteiger partial charge on any atom is 0.319 e. The zero-order chi connectivity index (χ0) is 32.3. The number of hydrogen-bond acceptors (Lipinski definition) is 8. The summed E-state index contributed by atoms with van der Waals surface area (Å²) in [6.45, 7) is 4.70. The molecule has 3 saturated heterocycles. The van der Waals surface area contributed by atoms with E-state index in [9.17, 15) is 14.8 Å². The van der Waals surface area contributed by atoms with Gasteiger partial charge in [0.25, 0.3) is 0 Å². The zero-order valence-electron chi connectivity index (χ0n) is 25.6. The van der Waals surface area contributed by atoms with Crippen LogP contribution in [0.25, 0.3) is 32.8 Å². The number of anilines is 1. The van der Waals surface area contributed by atoms with Gasteiger partial charge in [-0.15, -0.1) is 6.42 Å². The molecule has 0 unspecified atom stereocenters. The maximum absolute atomic E-state index is 16.8. The minimum Gasteiger partial charge on any atom is -0.508 e. The molecule has 3 aliphatic heterocycles. The summed E-state index contributed by atoms with van der Waals surface area (Å²) in [5.74, 6) is -0.553. The molecule has 0 radical (unpaired) electrons. The molecule has 4 atom stereocenters. The van der Waals surface area contributed by atoms with Crippen LogP contribution in [0.3, 0.4) is 0 Å². The summed E-state index contributed by atoms with van der Waals surface area (Å²) < 4.78 is 54.1. The normalized spacial score (nSPS) is 24.7. The lowest BCUT2D eigenvalue weighted by molar-refractivity contribution is 0.0345. The molecule has 1 aromatic heterocycles. The van der Waals surface area contributed by atoms with Crippen molar-refractivity contribution in [3.63, 3.8) is 0 Å². The molecular weight excluding hydrogens is 593 g/mol. The molecule has 0 amide bonds. The number of hydrogen-bond donors (Lipinski definition) is 2. The van der Waals surface area contributed by atoms with Crippen molar-refractivity contribution in [2.75, 3.05) is 44.7 Å². The average Bonchev–Trinajstić information content (AvgIpc) is 3.37. The Morgan fingerprint density at radius 3 is 2.59 bits per heavy atom. The first-order valence-corrected chi connectivity index (χ1v) is 15.4. The lowest BCUT2D eigenvalue weighted by Crippen LogP contribution is -2.51. The molecule has 4 aromatic rings. The van der Waals surface area contributed by atoms with Crippen LogP contribution in [0.1, 0.15) is 31.7 Å². The number of phenolic OH excluding ortho intramolecular Hbond substituents is 1. The van der Waals surface area contributed by atoms with Gasteiger partial charge in [0.05, 0.1) is 29.7 Å². The number of nitriles is 1. The molecule has 3 aliphatic rings. The molecule has 0 aliphatic carbocycles. The van der Waals surface area contributed by atoms with E-state index in [1.165, 1.54) is 24.3 Å². The van der Waals surface area contributed by atoms with Crippen LogP contribution >= 0.6 is 0 Å². The number of piperazine rings is 1. The molecule has 8 nitrogen and oxygen atoms in total. The second-order valence-corrected chi connectivity index (χ2v) is 13.1. The number of aromatic hydroxyl groups is 1. The monoisotopic (exact) mass is 626 g/mol. The fraction of sp³-hybridized carbons (Fsp3) is 0.400. The number of likely N-dealkylation sites (tertiary alicyclic amines) is 1. The summed E-state index contributed by atoms with van der Waals surface area (Å²) in [6.07, 6.45) is 8.30. The summed E-state index contributed by atoms with van der Waals surface area (Å²) in [6, 6.07) is 9.01. The molecule has 236 valence electrons. The predicted molar refractivity (Wildman–Crippen MR) is 169 cm³/mol. The first kappa shape index (κ1) is 30.1. The van der Waals surface area contributed by atoms with Gasteiger partial charge in [0.2, 0.25) is 0 Å². The van der Waals surface area contributed by atoms with Crippen LogP contribution < -0.4 is 15.0 Å². The van der Waals surface area contributed by atoms with Gasteiger partial charge in [-0.3, -0.25) is 0 Å². The first-order chi connectivity index (χ1) is 22.1. The molecule has 0 saturated carbocycles.